The lowest BCUT2D eigenvalue weighted by Gasteiger charge is -2.10. The maximum Gasteiger partial charge on any atom is 0.116 e. The summed E-state index contributed by atoms with van der Waals surface area (Å²) in [5.41, 5.74) is 12.2. The van der Waals surface area contributed by atoms with Crippen molar-refractivity contribution in [3.63, 3.8) is 0 Å². The van der Waals surface area contributed by atoms with E-state index in [2.05, 4.69) is 20.5 Å². The molecule has 0 atom stereocenters. The highest BCUT2D eigenvalue weighted by atomic mass is 15.3. The van der Waals surface area contributed by atoms with E-state index in [-0.39, 0.29) is 0 Å². The second kappa shape index (κ2) is 4.29. The van der Waals surface area contributed by atoms with E-state index in [9.17, 15) is 0 Å². The molecule has 0 saturated heterocycles. The Kier molecular flexibility index (Phi) is 2.49. The van der Waals surface area contributed by atoms with E-state index in [0.29, 0.717) is 5.70 Å². The van der Waals surface area contributed by atoms with Gasteiger partial charge < -0.3 is 5.73 Å². The number of hydrogen-bond donors (Lipinski definition) is 2. The third kappa shape index (κ3) is 1.71. The normalized spacial score (nSPS) is 14.7. The predicted octanol–water partition coefficient (Wildman–Crippen LogP) is 1.40. The number of fused-ring (bicyclic) bond motifs is 1. The monoisotopic (exact) mass is 237 g/mol. The second-order valence-electron chi connectivity index (χ2n) is 3.84. The van der Waals surface area contributed by atoms with Crippen molar-refractivity contribution in [2.24, 2.45) is 10.8 Å². The van der Waals surface area contributed by atoms with Crippen molar-refractivity contribution in [1.82, 2.24) is 15.4 Å². The van der Waals surface area contributed by atoms with E-state index in [1.165, 1.54) is 6.33 Å². The number of nitrogens with one attached hydrogen (secondary N) is 1. The minimum Gasteiger partial charge on any atom is -0.397 e. The molecule has 0 saturated carbocycles. The topological polar surface area (TPSA) is 76.2 Å². The molecule has 5 nitrogen and oxygen atoms in total. The minimum absolute atomic E-state index is 0.629. The summed E-state index contributed by atoms with van der Waals surface area (Å²) in [6, 6.07) is 5.84. The van der Waals surface area contributed by atoms with E-state index in [4.69, 9.17) is 5.73 Å². The van der Waals surface area contributed by atoms with E-state index in [1.807, 2.05) is 24.3 Å². The third-order valence-electron chi connectivity index (χ3n) is 2.72. The highest BCUT2D eigenvalue weighted by molar-refractivity contribution is 5.92. The van der Waals surface area contributed by atoms with Gasteiger partial charge in [-0.3, -0.25) is 5.43 Å². The predicted molar refractivity (Wildman–Crippen MR) is 71.4 cm³/mol. The zero-order valence-corrected chi connectivity index (χ0v) is 9.54. The molecule has 3 N–H and O–H groups in total. The Hall–Kier alpha value is -2.69. The molecule has 1 aliphatic rings. The quantitative estimate of drug-likeness (QED) is 0.786. The highest BCUT2D eigenvalue weighted by Crippen LogP contribution is 2.23. The zero-order valence-electron chi connectivity index (χ0n) is 9.54. The molecular formula is C13H11N5. The lowest BCUT2D eigenvalue weighted by atomic mass is 10.1. The Bertz CT molecular complexity index is 679. The summed E-state index contributed by atoms with van der Waals surface area (Å²) in [7, 11) is 0. The van der Waals surface area contributed by atoms with Gasteiger partial charge in [0.25, 0.3) is 0 Å². The standard InChI is InChI=1S/C13H11N5/c14-11-4-2-6-17-18-13(11)9-3-1-5-12-10(9)7-15-8-16-12/h1-8,18H,14H2. The van der Waals surface area contributed by atoms with Crippen LogP contribution in [0.5, 0.6) is 0 Å². The Balaban J connectivity index is 2.26. The summed E-state index contributed by atoms with van der Waals surface area (Å²) < 4.78 is 0. The van der Waals surface area contributed by atoms with Gasteiger partial charge in [0.05, 0.1) is 16.9 Å². The van der Waals surface area contributed by atoms with Crippen LogP contribution in [0.15, 0.2) is 53.7 Å². The van der Waals surface area contributed by atoms with Gasteiger partial charge in [-0.1, -0.05) is 12.1 Å². The summed E-state index contributed by atoms with van der Waals surface area (Å²) in [6.07, 6.45) is 8.56. The molecule has 5 heteroatoms. The van der Waals surface area contributed by atoms with Gasteiger partial charge in [-0.05, 0) is 18.2 Å². The van der Waals surface area contributed by atoms with Gasteiger partial charge in [-0.25, -0.2) is 9.97 Å². The molecule has 0 unspecified atom stereocenters. The van der Waals surface area contributed by atoms with E-state index >= 15 is 0 Å². The van der Waals surface area contributed by atoms with Crippen LogP contribution in [0.3, 0.4) is 0 Å². The van der Waals surface area contributed by atoms with Crippen LogP contribution in [0.25, 0.3) is 16.6 Å². The van der Waals surface area contributed by atoms with E-state index < -0.39 is 0 Å². The Morgan fingerprint density at radius 1 is 1.22 bits per heavy atom. The Morgan fingerprint density at radius 3 is 3.11 bits per heavy atom. The fraction of sp³-hybridized carbons (Fsp3) is 0. The van der Waals surface area contributed by atoms with Crippen LogP contribution < -0.4 is 11.2 Å². The molecule has 88 valence electrons. The Morgan fingerprint density at radius 2 is 2.17 bits per heavy atom. The number of aromatic nitrogens is 2. The van der Waals surface area contributed by atoms with Gasteiger partial charge in [-0.2, -0.15) is 5.10 Å². The Labute approximate surface area is 104 Å². The molecule has 2 aromatic rings. The zero-order chi connectivity index (χ0) is 12.4. The molecule has 2 heterocycles. The van der Waals surface area contributed by atoms with Gasteiger partial charge in [0.2, 0.25) is 0 Å². The van der Waals surface area contributed by atoms with Gasteiger partial charge in [0, 0.05) is 23.4 Å². The average molecular weight is 237 g/mol. The molecule has 0 amide bonds. The molecule has 0 radical (unpaired) electrons. The fourth-order valence-corrected chi connectivity index (χ4v) is 1.88. The van der Waals surface area contributed by atoms with Crippen molar-refractivity contribution in [2.45, 2.75) is 0 Å². The van der Waals surface area contributed by atoms with Gasteiger partial charge in [0.15, 0.2) is 0 Å². The summed E-state index contributed by atoms with van der Waals surface area (Å²) in [5.74, 6) is 0. The van der Waals surface area contributed by atoms with Crippen LogP contribution in [0.1, 0.15) is 5.56 Å². The van der Waals surface area contributed by atoms with Gasteiger partial charge in [0.1, 0.15) is 6.33 Å². The van der Waals surface area contributed by atoms with Crippen LogP contribution >= 0.6 is 0 Å². The first kappa shape index (κ1) is 10.5. The molecule has 0 spiro atoms. The first-order chi connectivity index (χ1) is 8.86. The summed E-state index contributed by atoms with van der Waals surface area (Å²) in [5, 5.41) is 4.99. The van der Waals surface area contributed by atoms with E-state index in [0.717, 1.165) is 22.2 Å². The molecule has 18 heavy (non-hydrogen) atoms. The number of benzene rings is 1. The second-order valence-corrected chi connectivity index (χ2v) is 3.84. The van der Waals surface area contributed by atoms with Crippen molar-refractivity contribution < 1.29 is 0 Å². The average Bonchev–Trinajstić information content (AvgIpc) is 2.63. The van der Waals surface area contributed by atoms with Crippen LogP contribution in [-0.2, 0) is 0 Å². The SMILES string of the molecule is NC1=C(c2cccc3ncncc23)NN=CC=C1. The van der Waals surface area contributed by atoms with Crippen LogP contribution in [0, 0.1) is 0 Å². The maximum atomic E-state index is 6.01. The van der Waals surface area contributed by atoms with Crippen molar-refractivity contribution in [3.05, 3.63) is 54.1 Å². The van der Waals surface area contributed by atoms with Crippen LogP contribution in [0.4, 0.5) is 0 Å². The molecule has 0 bridgehead atoms. The third-order valence-corrected chi connectivity index (χ3v) is 2.72. The lowest BCUT2D eigenvalue weighted by molar-refractivity contribution is 0.994. The highest BCUT2D eigenvalue weighted by Gasteiger charge is 2.10. The number of allylic oxidation sites excluding steroid dienone is 2. The number of nitrogens with zero attached hydrogens (tertiary/aromatic N) is 3. The molecule has 1 aromatic heterocycles. The lowest BCUT2D eigenvalue weighted by Crippen LogP contribution is -2.10. The molecule has 3 rings (SSSR count). The smallest absolute Gasteiger partial charge is 0.116 e. The van der Waals surface area contributed by atoms with Crippen LogP contribution in [0.2, 0.25) is 0 Å². The summed E-state index contributed by atoms with van der Waals surface area (Å²) >= 11 is 0. The fourth-order valence-electron chi connectivity index (χ4n) is 1.88. The first-order valence-electron chi connectivity index (χ1n) is 5.51. The molecular weight excluding hydrogens is 226 g/mol. The number of hydrazone groups is 1. The van der Waals surface area contributed by atoms with Gasteiger partial charge in [-0.15, -0.1) is 0 Å². The van der Waals surface area contributed by atoms with E-state index in [1.54, 1.807) is 18.5 Å². The maximum absolute atomic E-state index is 6.01. The molecule has 1 aromatic carbocycles. The summed E-state index contributed by atoms with van der Waals surface area (Å²) in [4.78, 5) is 8.28. The van der Waals surface area contributed by atoms with Crippen molar-refractivity contribution in [1.29, 1.82) is 0 Å². The molecule has 0 aliphatic carbocycles. The van der Waals surface area contributed by atoms with Crippen molar-refractivity contribution in [3.8, 4) is 0 Å². The summed E-state index contributed by atoms with van der Waals surface area (Å²) in [6.45, 7) is 0. The van der Waals surface area contributed by atoms with Crippen LogP contribution in [-0.4, -0.2) is 16.2 Å². The number of rotatable bonds is 1. The first-order valence-corrected chi connectivity index (χ1v) is 5.51. The minimum atomic E-state index is 0.629. The van der Waals surface area contributed by atoms with Crippen molar-refractivity contribution in [2.75, 3.05) is 0 Å². The molecule has 0 fully saturated rings. The number of hydrogen-bond acceptors (Lipinski definition) is 5. The van der Waals surface area contributed by atoms with Gasteiger partial charge >= 0.3 is 0 Å². The largest absolute Gasteiger partial charge is 0.397 e. The molecule has 1 aliphatic heterocycles. The number of nitrogens with two attached hydrogens (primary N) is 1. The van der Waals surface area contributed by atoms with Crippen molar-refractivity contribution >= 4 is 22.8 Å².